The first-order chi connectivity index (χ1) is 8.61. The lowest BCUT2D eigenvalue weighted by Crippen LogP contribution is -2.30. The Hall–Kier alpha value is -0.740. The molecule has 0 amide bonds. The maximum Gasteiger partial charge on any atom is 0.128 e. The molecule has 0 saturated heterocycles. The lowest BCUT2D eigenvalue weighted by molar-refractivity contribution is 0.603. The van der Waals surface area contributed by atoms with Gasteiger partial charge < -0.3 is 10.6 Å². The molecule has 0 saturated carbocycles. The summed E-state index contributed by atoms with van der Waals surface area (Å²) in [4.78, 5) is 2.16. The van der Waals surface area contributed by atoms with Crippen LogP contribution in [0.1, 0.15) is 18.9 Å². The van der Waals surface area contributed by atoms with Crippen molar-refractivity contribution < 1.29 is 4.39 Å². The number of halogens is 1. The maximum absolute atomic E-state index is 13.8. The van der Waals surface area contributed by atoms with Gasteiger partial charge >= 0.3 is 0 Å². The molecule has 0 spiro atoms. The van der Waals surface area contributed by atoms with E-state index in [0.717, 1.165) is 23.4 Å². The van der Waals surface area contributed by atoms with Crippen LogP contribution in [0.2, 0.25) is 0 Å². The first-order valence-corrected chi connectivity index (χ1v) is 7.70. The smallest absolute Gasteiger partial charge is 0.128 e. The van der Waals surface area contributed by atoms with Gasteiger partial charge in [-0.25, -0.2) is 4.39 Å². The quantitative estimate of drug-likeness (QED) is 0.826. The van der Waals surface area contributed by atoms with E-state index in [1.807, 2.05) is 24.9 Å². The van der Waals surface area contributed by atoms with Gasteiger partial charge in [0.1, 0.15) is 5.82 Å². The molecule has 1 aromatic carbocycles. The molecule has 1 aromatic rings. The van der Waals surface area contributed by atoms with Gasteiger partial charge in [0.25, 0.3) is 0 Å². The average molecular weight is 270 g/mol. The highest BCUT2D eigenvalue weighted by Gasteiger charge is 2.15. The van der Waals surface area contributed by atoms with E-state index in [4.69, 9.17) is 5.73 Å². The van der Waals surface area contributed by atoms with Gasteiger partial charge in [-0.05, 0) is 50.5 Å². The molecule has 0 bridgehead atoms. The van der Waals surface area contributed by atoms with Gasteiger partial charge in [-0.3, -0.25) is 0 Å². The molecular formula is C14H23FN2S. The van der Waals surface area contributed by atoms with E-state index in [2.05, 4.69) is 18.1 Å². The minimum Gasteiger partial charge on any atom is -0.372 e. The number of hydrogen-bond acceptors (Lipinski definition) is 3. The highest BCUT2D eigenvalue weighted by molar-refractivity contribution is 7.98. The van der Waals surface area contributed by atoms with Crippen LogP contribution in [0, 0.1) is 5.82 Å². The molecular weight excluding hydrogens is 247 g/mol. The van der Waals surface area contributed by atoms with Crippen molar-refractivity contribution in [1.82, 2.24) is 0 Å². The zero-order chi connectivity index (χ0) is 13.5. The Morgan fingerprint density at radius 1 is 1.44 bits per heavy atom. The van der Waals surface area contributed by atoms with Crippen molar-refractivity contribution in [2.75, 3.05) is 30.5 Å². The Morgan fingerprint density at radius 2 is 2.17 bits per heavy atom. The third kappa shape index (κ3) is 3.89. The summed E-state index contributed by atoms with van der Waals surface area (Å²) in [6, 6.07) is 5.65. The highest BCUT2D eigenvalue weighted by Crippen LogP contribution is 2.25. The molecule has 102 valence electrons. The van der Waals surface area contributed by atoms with Gasteiger partial charge in [0.15, 0.2) is 0 Å². The summed E-state index contributed by atoms with van der Waals surface area (Å²) in [5.41, 5.74) is 7.27. The zero-order valence-electron chi connectivity index (χ0n) is 11.4. The Balaban J connectivity index is 2.90. The fourth-order valence-corrected chi connectivity index (χ4v) is 2.57. The number of hydrogen-bond donors (Lipinski definition) is 1. The second kappa shape index (κ2) is 7.64. The van der Waals surface area contributed by atoms with Crippen LogP contribution in [-0.2, 0) is 6.42 Å². The van der Waals surface area contributed by atoms with E-state index in [1.165, 1.54) is 6.07 Å². The van der Waals surface area contributed by atoms with Crippen molar-refractivity contribution in [2.24, 2.45) is 5.73 Å². The van der Waals surface area contributed by atoms with Crippen molar-refractivity contribution >= 4 is 17.4 Å². The summed E-state index contributed by atoms with van der Waals surface area (Å²) in [5.74, 6) is 0.967. The molecule has 4 heteroatoms. The highest BCUT2D eigenvalue weighted by atomic mass is 32.2. The molecule has 1 unspecified atom stereocenters. The second-order valence-electron chi connectivity index (χ2n) is 4.52. The molecule has 0 aliphatic carbocycles. The Kier molecular flexibility index (Phi) is 6.50. The third-order valence-electron chi connectivity index (χ3n) is 3.27. The normalized spacial score (nSPS) is 12.5. The Morgan fingerprint density at radius 3 is 2.78 bits per heavy atom. The summed E-state index contributed by atoms with van der Waals surface area (Å²) in [7, 11) is 2.03. The van der Waals surface area contributed by atoms with Crippen LogP contribution in [0.5, 0.6) is 0 Å². The lowest BCUT2D eigenvalue weighted by Gasteiger charge is -2.29. The molecule has 2 N–H and O–H groups in total. The van der Waals surface area contributed by atoms with E-state index < -0.39 is 0 Å². The largest absolute Gasteiger partial charge is 0.372 e. The molecule has 0 radical (unpaired) electrons. The number of nitrogens with two attached hydrogens (primary N) is 1. The predicted molar refractivity (Wildman–Crippen MR) is 80.0 cm³/mol. The number of anilines is 1. The Labute approximate surface area is 114 Å². The predicted octanol–water partition coefficient (Wildman–Crippen LogP) is 2.90. The fourth-order valence-electron chi connectivity index (χ4n) is 1.99. The van der Waals surface area contributed by atoms with Crippen LogP contribution in [0.15, 0.2) is 18.2 Å². The molecule has 18 heavy (non-hydrogen) atoms. The van der Waals surface area contributed by atoms with Crippen molar-refractivity contribution in [3.63, 3.8) is 0 Å². The third-order valence-corrected chi connectivity index (χ3v) is 3.91. The van der Waals surface area contributed by atoms with Gasteiger partial charge in [0.05, 0.1) is 0 Å². The van der Waals surface area contributed by atoms with Crippen molar-refractivity contribution in [3.05, 3.63) is 29.6 Å². The first kappa shape index (κ1) is 15.3. The van der Waals surface area contributed by atoms with Crippen LogP contribution < -0.4 is 10.6 Å². The molecule has 2 nitrogen and oxygen atoms in total. The number of thioether (sulfide) groups is 1. The molecule has 0 fully saturated rings. The molecule has 0 aliphatic rings. The first-order valence-electron chi connectivity index (χ1n) is 6.31. The van der Waals surface area contributed by atoms with Crippen LogP contribution >= 0.6 is 11.8 Å². The average Bonchev–Trinajstić information content (AvgIpc) is 2.37. The van der Waals surface area contributed by atoms with Gasteiger partial charge in [0.2, 0.25) is 0 Å². The van der Waals surface area contributed by atoms with Gasteiger partial charge in [-0.1, -0.05) is 6.07 Å². The molecule has 1 rings (SSSR count). The SMILES string of the molecule is CSCCC(C)N(C)c1cccc(F)c1CCN. The van der Waals surface area contributed by atoms with Gasteiger partial charge in [-0.2, -0.15) is 11.8 Å². The summed E-state index contributed by atoms with van der Waals surface area (Å²) in [6.07, 6.45) is 3.78. The number of benzene rings is 1. The topological polar surface area (TPSA) is 29.3 Å². The standard InChI is InChI=1S/C14H23FN2S/c1-11(8-10-18-3)17(2)14-6-4-5-13(15)12(14)7-9-16/h4-6,11H,7-10,16H2,1-3H3. The van der Waals surface area contributed by atoms with Gasteiger partial charge in [0, 0.05) is 24.3 Å². The van der Waals surface area contributed by atoms with Crippen LogP contribution in [-0.4, -0.2) is 31.6 Å². The minimum atomic E-state index is -0.151. The number of rotatable bonds is 7. The van der Waals surface area contributed by atoms with Crippen LogP contribution in [0.25, 0.3) is 0 Å². The monoisotopic (exact) mass is 270 g/mol. The molecule has 1 atom stereocenters. The van der Waals surface area contributed by atoms with E-state index in [0.29, 0.717) is 19.0 Å². The lowest BCUT2D eigenvalue weighted by atomic mass is 10.1. The summed E-state index contributed by atoms with van der Waals surface area (Å²) >= 11 is 1.84. The van der Waals surface area contributed by atoms with E-state index in [9.17, 15) is 4.39 Å². The maximum atomic E-state index is 13.8. The molecule has 0 aliphatic heterocycles. The molecule has 0 aromatic heterocycles. The fraction of sp³-hybridized carbons (Fsp3) is 0.571. The van der Waals surface area contributed by atoms with E-state index in [1.54, 1.807) is 6.07 Å². The second-order valence-corrected chi connectivity index (χ2v) is 5.50. The summed E-state index contributed by atoms with van der Waals surface area (Å²) in [5, 5.41) is 0. The minimum absolute atomic E-state index is 0.151. The van der Waals surface area contributed by atoms with Crippen molar-refractivity contribution in [1.29, 1.82) is 0 Å². The van der Waals surface area contributed by atoms with E-state index in [-0.39, 0.29) is 5.82 Å². The van der Waals surface area contributed by atoms with Crippen LogP contribution in [0.4, 0.5) is 10.1 Å². The molecule has 0 heterocycles. The number of nitrogens with zero attached hydrogens (tertiary/aromatic N) is 1. The zero-order valence-corrected chi connectivity index (χ0v) is 12.3. The van der Waals surface area contributed by atoms with Crippen molar-refractivity contribution in [3.8, 4) is 0 Å². The summed E-state index contributed by atoms with van der Waals surface area (Å²) in [6.45, 7) is 2.65. The van der Waals surface area contributed by atoms with E-state index >= 15 is 0 Å². The Bertz CT molecular complexity index is 371. The van der Waals surface area contributed by atoms with Crippen molar-refractivity contribution in [2.45, 2.75) is 25.8 Å². The summed E-state index contributed by atoms with van der Waals surface area (Å²) < 4.78 is 13.8. The van der Waals surface area contributed by atoms with Crippen LogP contribution in [0.3, 0.4) is 0 Å². The van der Waals surface area contributed by atoms with Gasteiger partial charge in [-0.15, -0.1) is 0 Å².